The predicted octanol–water partition coefficient (Wildman–Crippen LogP) is 3.29. The van der Waals surface area contributed by atoms with Crippen LogP contribution < -0.4 is 11.1 Å². The number of carbonyl (C=O) groups is 2. The number of carbonyl (C=O) groups excluding carboxylic acids is 2. The molecule has 1 atom stereocenters. The lowest BCUT2D eigenvalue weighted by atomic mass is 9.95. The van der Waals surface area contributed by atoms with E-state index in [1.807, 2.05) is 36.4 Å². The minimum atomic E-state index is -0.111. The molecule has 1 fully saturated rings. The number of esters is 1. The standard InChI is InChI=1S/C22H26N2O3S/c1-15-18(14-23)7-3-8-19(15)16-5-2-6-17(13-16)21(25)24-10-4-12-28-20-9-11-27-22(20)26/h2-3,5-8,13,20H,4,9-12,14,23H2,1H3,(H,24,25). The van der Waals surface area contributed by atoms with E-state index < -0.39 is 0 Å². The molecule has 1 amide bonds. The van der Waals surface area contributed by atoms with Gasteiger partial charge in [-0.05, 0) is 53.5 Å². The Hall–Kier alpha value is -2.31. The highest BCUT2D eigenvalue weighted by molar-refractivity contribution is 8.00. The molecule has 5 nitrogen and oxygen atoms in total. The van der Waals surface area contributed by atoms with E-state index in [0.717, 1.165) is 40.8 Å². The number of thioether (sulfide) groups is 1. The van der Waals surface area contributed by atoms with E-state index in [9.17, 15) is 9.59 Å². The number of benzene rings is 2. The maximum Gasteiger partial charge on any atom is 0.319 e. The first kappa shape index (κ1) is 20.4. The normalized spacial score (nSPS) is 16.1. The first-order chi connectivity index (χ1) is 13.6. The third-order valence-electron chi connectivity index (χ3n) is 4.91. The number of hydrogen-bond donors (Lipinski definition) is 2. The number of nitrogens with two attached hydrogens (primary N) is 1. The van der Waals surface area contributed by atoms with Gasteiger partial charge < -0.3 is 15.8 Å². The summed E-state index contributed by atoms with van der Waals surface area (Å²) in [4.78, 5) is 23.9. The molecule has 0 bridgehead atoms. The molecule has 3 N–H and O–H groups in total. The molecule has 0 aromatic heterocycles. The summed E-state index contributed by atoms with van der Waals surface area (Å²) in [5.41, 5.74) is 10.8. The molecule has 28 heavy (non-hydrogen) atoms. The van der Waals surface area contributed by atoms with Crippen molar-refractivity contribution in [3.63, 3.8) is 0 Å². The van der Waals surface area contributed by atoms with E-state index in [1.165, 1.54) is 0 Å². The van der Waals surface area contributed by atoms with Gasteiger partial charge in [0.1, 0.15) is 5.25 Å². The summed E-state index contributed by atoms with van der Waals surface area (Å²) in [5, 5.41) is 2.92. The van der Waals surface area contributed by atoms with Gasteiger partial charge in [-0.2, -0.15) is 0 Å². The highest BCUT2D eigenvalue weighted by Gasteiger charge is 2.26. The molecular weight excluding hydrogens is 372 g/mol. The number of rotatable bonds is 8. The molecule has 2 aromatic carbocycles. The molecule has 0 aliphatic carbocycles. The summed E-state index contributed by atoms with van der Waals surface area (Å²) >= 11 is 1.61. The number of ether oxygens (including phenoxy) is 1. The highest BCUT2D eigenvalue weighted by atomic mass is 32.2. The minimum Gasteiger partial charge on any atom is -0.465 e. The molecule has 0 spiro atoms. The Morgan fingerprint density at radius 1 is 1.29 bits per heavy atom. The van der Waals surface area contributed by atoms with Crippen LogP contribution in [0.3, 0.4) is 0 Å². The Bertz CT molecular complexity index is 853. The summed E-state index contributed by atoms with van der Waals surface area (Å²) in [7, 11) is 0. The van der Waals surface area contributed by atoms with Crippen molar-refractivity contribution < 1.29 is 14.3 Å². The largest absolute Gasteiger partial charge is 0.465 e. The van der Waals surface area contributed by atoms with Crippen molar-refractivity contribution in [3.8, 4) is 11.1 Å². The van der Waals surface area contributed by atoms with E-state index in [0.29, 0.717) is 25.3 Å². The van der Waals surface area contributed by atoms with Crippen molar-refractivity contribution >= 4 is 23.6 Å². The predicted molar refractivity (Wildman–Crippen MR) is 113 cm³/mol. The maximum atomic E-state index is 12.5. The lowest BCUT2D eigenvalue weighted by molar-refractivity contribution is -0.137. The van der Waals surface area contributed by atoms with E-state index in [4.69, 9.17) is 10.5 Å². The third kappa shape index (κ3) is 4.94. The van der Waals surface area contributed by atoms with Crippen LogP contribution in [-0.2, 0) is 16.1 Å². The Labute approximate surface area is 170 Å². The molecule has 3 rings (SSSR count). The fourth-order valence-corrected chi connectivity index (χ4v) is 4.34. The Kier molecular flexibility index (Phi) is 7.12. The molecule has 1 heterocycles. The quantitative estimate of drug-likeness (QED) is 0.527. The van der Waals surface area contributed by atoms with Gasteiger partial charge in [0.25, 0.3) is 5.91 Å². The zero-order chi connectivity index (χ0) is 19.9. The Balaban J connectivity index is 1.55. The van der Waals surface area contributed by atoms with Crippen LogP contribution in [0.5, 0.6) is 0 Å². The van der Waals surface area contributed by atoms with Crippen LogP contribution in [0.15, 0.2) is 42.5 Å². The summed E-state index contributed by atoms with van der Waals surface area (Å²) in [6.45, 7) is 3.66. The summed E-state index contributed by atoms with van der Waals surface area (Å²) < 4.78 is 4.95. The first-order valence-electron chi connectivity index (χ1n) is 9.55. The van der Waals surface area contributed by atoms with Crippen molar-refractivity contribution in [1.82, 2.24) is 5.32 Å². The third-order valence-corrected chi connectivity index (χ3v) is 6.27. The molecule has 6 heteroatoms. The van der Waals surface area contributed by atoms with Gasteiger partial charge in [0.15, 0.2) is 0 Å². The Morgan fingerprint density at radius 3 is 2.86 bits per heavy atom. The van der Waals surface area contributed by atoms with Crippen LogP contribution in [-0.4, -0.2) is 36.0 Å². The number of nitrogens with one attached hydrogen (secondary N) is 1. The number of hydrogen-bond acceptors (Lipinski definition) is 5. The highest BCUT2D eigenvalue weighted by Crippen LogP contribution is 2.26. The SMILES string of the molecule is Cc1c(CN)cccc1-c1cccc(C(=O)NCCCSC2CCOC2=O)c1. The molecule has 2 aromatic rings. The lowest BCUT2D eigenvalue weighted by Crippen LogP contribution is -2.25. The second-order valence-electron chi connectivity index (χ2n) is 6.80. The maximum absolute atomic E-state index is 12.5. The zero-order valence-electron chi connectivity index (χ0n) is 16.1. The molecule has 0 radical (unpaired) electrons. The van der Waals surface area contributed by atoms with Gasteiger partial charge >= 0.3 is 5.97 Å². The van der Waals surface area contributed by atoms with Crippen LogP contribution in [0.1, 0.15) is 34.3 Å². The first-order valence-corrected chi connectivity index (χ1v) is 10.6. The van der Waals surface area contributed by atoms with Crippen LogP contribution in [0.2, 0.25) is 0 Å². The smallest absolute Gasteiger partial charge is 0.319 e. The number of cyclic esters (lactones) is 1. The second kappa shape index (κ2) is 9.75. The van der Waals surface area contributed by atoms with E-state index >= 15 is 0 Å². The molecule has 0 saturated carbocycles. The number of amides is 1. The van der Waals surface area contributed by atoms with Gasteiger partial charge in [-0.25, -0.2) is 0 Å². The van der Waals surface area contributed by atoms with Crippen molar-refractivity contribution in [3.05, 3.63) is 59.2 Å². The molecule has 1 aliphatic rings. The molecule has 148 valence electrons. The average molecular weight is 399 g/mol. The van der Waals surface area contributed by atoms with Gasteiger partial charge in [0.2, 0.25) is 0 Å². The molecule has 1 unspecified atom stereocenters. The zero-order valence-corrected chi connectivity index (χ0v) is 16.9. The van der Waals surface area contributed by atoms with Gasteiger partial charge in [-0.3, -0.25) is 9.59 Å². The topological polar surface area (TPSA) is 81.4 Å². The van der Waals surface area contributed by atoms with Gasteiger partial charge in [0.05, 0.1) is 6.61 Å². The molecular formula is C22H26N2O3S. The summed E-state index contributed by atoms with van der Waals surface area (Å²) in [6.07, 6.45) is 1.60. The van der Waals surface area contributed by atoms with Crippen molar-refractivity contribution in [2.24, 2.45) is 5.73 Å². The van der Waals surface area contributed by atoms with Gasteiger partial charge in [-0.15, -0.1) is 11.8 Å². The van der Waals surface area contributed by atoms with E-state index in [-0.39, 0.29) is 17.1 Å². The average Bonchev–Trinajstić information content (AvgIpc) is 3.12. The van der Waals surface area contributed by atoms with Crippen molar-refractivity contribution in [1.29, 1.82) is 0 Å². The van der Waals surface area contributed by atoms with E-state index in [1.54, 1.807) is 11.8 Å². The molecule has 1 aliphatic heterocycles. The monoisotopic (exact) mass is 398 g/mol. The second-order valence-corrected chi connectivity index (χ2v) is 8.11. The van der Waals surface area contributed by atoms with Gasteiger partial charge in [0, 0.05) is 25.1 Å². The van der Waals surface area contributed by atoms with Crippen LogP contribution in [0, 0.1) is 6.92 Å². The summed E-state index contributed by atoms with van der Waals surface area (Å²) in [6, 6.07) is 13.7. The minimum absolute atomic E-state index is 0.0418. The lowest BCUT2D eigenvalue weighted by Gasteiger charge is -2.12. The molecule has 1 saturated heterocycles. The van der Waals surface area contributed by atoms with E-state index in [2.05, 4.69) is 18.3 Å². The van der Waals surface area contributed by atoms with Crippen LogP contribution in [0.4, 0.5) is 0 Å². The van der Waals surface area contributed by atoms with Gasteiger partial charge in [-0.1, -0.05) is 30.3 Å². The summed E-state index contributed by atoms with van der Waals surface area (Å²) in [5.74, 6) is 0.630. The fraction of sp³-hybridized carbons (Fsp3) is 0.364. The van der Waals surface area contributed by atoms with Crippen LogP contribution >= 0.6 is 11.8 Å². The Morgan fingerprint density at radius 2 is 2.11 bits per heavy atom. The van der Waals surface area contributed by atoms with Crippen LogP contribution in [0.25, 0.3) is 11.1 Å². The fourth-order valence-electron chi connectivity index (χ4n) is 3.28. The van der Waals surface area contributed by atoms with Crippen molar-refractivity contribution in [2.45, 2.75) is 31.6 Å². The van der Waals surface area contributed by atoms with Crippen molar-refractivity contribution in [2.75, 3.05) is 18.9 Å².